The van der Waals surface area contributed by atoms with E-state index in [1.54, 1.807) is 18.2 Å². The summed E-state index contributed by atoms with van der Waals surface area (Å²) < 4.78 is 10.7. The average molecular weight is 356 g/mol. The summed E-state index contributed by atoms with van der Waals surface area (Å²) in [5.74, 6) is 0.399. The lowest BCUT2D eigenvalue weighted by Crippen LogP contribution is -2.33. The van der Waals surface area contributed by atoms with E-state index in [1.165, 1.54) is 7.11 Å². The molecule has 26 heavy (non-hydrogen) atoms. The summed E-state index contributed by atoms with van der Waals surface area (Å²) in [5, 5.41) is 5.45. The number of ether oxygens (including phenoxy) is 2. The Morgan fingerprint density at radius 1 is 1.04 bits per heavy atom. The van der Waals surface area contributed by atoms with Gasteiger partial charge in [0, 0.05) is 11.3 Å². The summed E-state index contributed by atoms with van der Waals surface area (Å²) in [6, 6.07) is 10.7. The minimum Gasteiger partial charge on any atom is -0.493 e. The predicted octanol–water partition coefficient (Wildman–Crippen LogP) is 3.08. The van der Waals surface area contributed by atoms with Crippen LogP contribution in [0.2, 0.25) is 0 Å². The first-order chi connectivity index (χ1) is 12.5. The molecule has 0 saturated heterocycles. The maximum Gasteiger partial charge on any atom is 0.251 e. The number of benzene rings is 2. The fourth-order valence-corrected chi connectivity index (χ4v) is 2.54. The third kappa shape index (κ3) is 4.75. The number of hydrogen-bond donors (Lipinski definition) is 2. The molecule has 138 valence electrons. The van der Waals surface area contributed by atoms with E-state index in [2.05, 4.69) is 10.6 Å². The summed E-state index contributed by atoms with van der Waals surface area (Å²) in [7, 11) is 1.51. The summed E-state index contributed by atoms with van der Waals surface area (Å²) in [6.45, 7) is 6.10. The Labute approximate surface area is 153 Å². The first-order valence-corrected chi connectivity index (χ1v) is 8.41. The van der Waals surface area contributed by atoms with E-state index >= 15 is 0 Å². The van der Waals surface area contributed by atoms with Crippen molar-refractivity contribution in [3.05, 3.63) is 53.1 Å². The van der Waals surface area contributed by atoms with E-state index < -0.39 is 0 Å². The Hall–Kier alpha value is -3.02. The van der Waals surface area contributed by atoms with Gasteiger partial charge in [-0.3, -0.25) is 9.59 Å². The van der Waals surface area contributed by atoms with Crippen LogP contribution in [-0.2, 0) is 4.79 Å². The Morgan fingerprint density at radius 2 is 1.73 bits per heavy atom. The number of methoxy groups -OCH3 is 1. The number of rotatable bonds is 7. The normalized spacial score (nSPS) is 10.2. The molecule has 0 atom stereocenters. The van der Waals surface area contributed by atoms with Crippen molar-refractivity contribution in [3.8, 4) is 11.5 Å². The fourth-order valence-electron chi connectivity index (χ4n) is 2.54. The average Bonchev–Trinajstić information content (AvgIpc) is 2.63. The second-order valence-electron chi connectivity index (χ2n) is 5.80. The van der Waals surface area contributed by atoms with Crippen molar-refractivity contribution in [2.24, 2.45) is 0 Å². The maximum absolute atomic E-state index is 12.3. The van der Waals surface area contributed by atoms with Gasteiger partial charge in [0.25, 0.3) is 5.91 Å². The highest BCUT2D eigenvalue weighted by Gasteiger charge is 2.13. The second kappa shape index (κ2) is 8.89. The lowest BCUT2D eigenvalue weighted by atomic mass is 10.1. The third-order valence-corrected chi connectivity index (χ3v) is 3.88. The molecule has 0 radical (unpaired) electrons. The molecule has 2 aromatic rings. The van der Waals surface area contributed by atoms with E-state index in [0.717, 1.165) is 16.8 Å². The van der Waals surface area contributed by atoms with Crippen molar-refractivity contribution in [1.82, 2.24) is 5.32 Å². The van der Waals surface area contributed by atoms with Crippen LogP contribution in [0.5, 0.6) is 11.5 Å². The summed E-state index contributed by atoms with van der Waals surface area (Å²) in [5.41, 5.74) is 3.11. The molecule has 0 aliphatic heterocycles. The molecule has 6 nitrogen and oxygen atoms in total. The largest absolute Gasteiger partial charge is 0.493 e. The van der Waals surface area contributed by atoms with E-state index in [-0.39, 0.29) is 18.4 Å². The number of hydrogen-bond acceptors (Lipinski definition) is 4. The van der Waals surface area contributed by atoms with Crippen LogP contribution < -0.4 is 20.1 Å². The van der Waals surface area contributed by atoms with Crippen LogP contribution in [0.4, 0.5) is 5.69 Å². The Kier molecular flexibility index (Phi) is 6.60. The molecule has 0 aromatic heterocycles. The Morgan fingerprint density at radius 3 is 2.35 bits per heavy atom. The number of amides is 2. The van der Waals surface area contributed by atoms with Crippen LogP contribution >= 0.6 is 0 Å². The molecule has 0 aliphatic carbocycles. The molecule has 2 amide bonds. The van der Waals surface area contributed by atoms with E-state index in [4.69, 9.17) is 9.47 Å². The minimum absolute atomic E-state index is 0.123. The smallest absolute Gasteiger partial charge is 0.251 e. The molecule has 2 aromatic carbocycles. The number of nitrogens with one attached hydrogen (secondary N) is 2. The Balaban J connectivity index is 1.99. The molecular formula is C20H24N2O4. The van der Waals surface area contributed by atoms with Crippen molar-refractivity contribution in [2.45, 2.75) is 20.8 Å². The third-order valence-electron chi connectivity index (χ3n) is 3.88. The minimum atomic E-state index is -0.358. The maximum atomic E-state index is 12.3. The molecule has 0 spiro atoms. The zero-order valence-corrected chi connectivity index (χ0v) is 15.5. The number of carbonyl (C=O) groups excluding carboxylic acids is 2. The standard InChI is InChI=1S/C20H24N2O4/c1-5-26-16-10-9-15(11-17(16)25-4)20(24)21-12-18(23)22-19-13(2)7-6-8-14(19)3/h6-11H,5,12H2,1-4H3,(H,21,24)(H,22,23). The van der Waals surface area contributed by atoms with Gasteiger partial charge in [0.05, 0.1) is 20.3 Å². The van der Waals surface area contributed by atoms with Gasteiger partial charge in [-0.05, 0) is 50.1 Å². The van der Waals surface area contributed by atoms with Gasteiger partial charge in [0.15, 0.2) is 11.5 Å². The molecule has 2 rings (SSSR count). The molecule has 6 heteroatoms. The predicted molar refractivity (Wildman–Crippen MR) is 101 cm³/mol. The van der Waals surface area contributed by atoms with Gasteiger partial charge in [-0.2, -0.15) is 0 Å². The molecule has 0 heterocycles. The number of aryl methyl sites for hydroxylation is 2. The SMILES string of the molecule is CCOc1ccc(C(=O)NCC(=O)Nc2c(C)cccc2C)cc1OC. The fraction of sp³-hybridized carbons (Fsp3) is 0.300. The topological polar surface area (TPSA) is 76.7 Å². The van der Waals surface area contributed by atoms with E-state index in [9.17, 15) is 9.59 Å². The monoisotopic (exact) mass is 356 g/mol. The van der Waals surface area contributed by atoms with Crippen molar-refractivity contribution in [1.29, 1.82) is 0 Å². The number of carbonyl (C=O) groups is 2. The summed E-state index contributed by atoms with van der Waals surface area (Å²) >= 11 is 0. The summed E-state index contributed by atoms with van der Waals surface area (Å²) in [4.78, 5) is 24.4. The summed E-state index contributed by atoms with van der Waals surface area (Å²) in [6.07, 6.45) is 0. The van der Waals surface area contributed by atoms with Crippen molar-refractivity contribution < 1.29 is 19.1 Å². The molecule has 0 unspecified atom stereocenters. The zero-order valence-electron chi connectivity index (χ0n) is 15.5. The van der Waals surface area contributed by atoms with Crippen LogP contribution in [0.3, 0.4) is 0 Å². The van der Waals surface area contributed by atoms with Gasteiger partial charge in [-0.25, -0.2) is 0 Å². The highest BCUT2D eigenvalue weighted by molar-refractivity contribution is 6.00. The zero-order chi connectivity index (χ0) is 19.1. The van der Waals surface area contributed by atoms with E-state index in [0.29, 0.717) is 23.7 Å². The van der Waals surface area contributed by atoms with Gasteiger partial charge in [0.2, 0.25) is 5.91 Å². The molecule has 0 bridgehead atoms. The van der Waals surface area contributed by atoms with Gasteiger partial charge in [0.1, 0.15) is 0 Å². The second-order valence-corrected chi connectivity index (χ2v) is 5.80. The van der Waals surface area contributed by atoms with Crippen LogP contribution in [0.25, 0.3) is 0 Å². The van der Waals surface area contributed by atoms with Crippen LogP contribution in [0.15, 0.2) is 36.4 Å². The molecule has 0 fully saturated rings. The molecule has 0 aliphatic rings. The van der Waals surface area contributed by atoms with Crippen LogP contribution in [0.1, 0.15) is 28.4 Å². The lowest BCUT2D eigenvalue weighted by Gasteiger charge is -2.13. The molecular weight excluding hydrogens is 332 g/mol. The van der Waals surface area contributed by atoms with Gasteiger partial charge in [-0.15, -0.1) is 0 Å². The van der Waals surface area contributed by atoms with Crippen LogP contribution in [-0.4, -0.2) is 32.1 Å². The Bertz CT molecular complexity index is 782. The highest BCUT2D eigenvalue weighted by atomic mass is 16.5. The molecule has 0 saturated carbocycles. The van der Waals surface area contributed by atoms with Gasteiger partial charge in [-0.1, -0.05) is 18.2 Å². The first kappa shape index (κ1) is 19.3. The van der Waals surface area contributed by atoms with Crippen molar-refractivity contribution in [3.63, 3.8) is 0 Å². The first-order valence-electron chi connectivity index (χ1n) is 8.41. The number of anilines is 1. The quantitative estimate of drug-likeness (QED) is 0.799. The van der Waals surface area contributed by atoms with Gasteiger partial charge < -0.3 is 20.1 Å². The molecule has 2 N–H and O–H groups in total. The van der Waals surface area contributed by atoms with Crippen molar-refractivity contribution in [2.75, 3.05) is 25.6 Å². The van der Waals surface area contributed by atoms with Crippen molar-refractivity contribution >= 4 is 17.5 Å². The number of para-hydroxylation sites is 1. The lowest BCUT2D eigenvalue weighted by molar-refractivity contribution is -0.115. The van der Waals surface area contributed by atoms with Gasteiger partial charge >= 0.3 is 0 Å². The van der Waals surface area contributed by atoms with E-state index in [1.807, 2.05) is 39.0 Å². The van der Waals surface area contributed by atoms with Crippen LogP contribution in [0, 0.1) is 13.8 Å². The highest BCUT2D eigenvalue weighted by Crippen LogP contribution is 2.28.